The molecule has 2 aromatic carbocycles. The largest absolute Gasteiger partial charge is 0.481 e. The summed E-state index contributed by atoms with van der Waals surface area (Å²) in [6, 6.07) is 9.51. The van der Waals surface area contributed by atoms with E-state index < -0.39 is 12.0 Å². The van der Waals surface area contributed by atoms with Crippen LogP contribution < -0.4 is 5.32 Å². The van der Waals surface area contributed by atoms with E-state index in [1.54, 1.807) is 29.8 Å². The van der Waals surface area contributed by atoms with Crippen molar-refractivity contribution in [2.24, 2.45) is 7.05 Å². The van der Waals surface area contributed by atoms with Gasteiger partial charge in [-0.2, -0.15) is 0 Å². The molecule has 0 fully saturated rings. The molecule has 0 saturated carbocycles. The number of nitrogens with zero attached hydrogens (tertiary/aromatic N) is 1. The number of aliphatic hydroxyl groups excluding tert-OH is 1. The molecule has 29 heavy (non-hydrogen) atoms. The van der Waals surface area contributed by atoms with Crippen molar-refractivity contribution in [3.8, 4) is 0 Å². The van der Waals surface area contributed by atoms with Gasteiger partial charge >= 0.3 is 5.97 Å². The minimum atomic E-state index is -0.967. The van der Waals surface area contributed by atoms with E-state index in [4.69, 9.17) is 28.3 Å². The van der Waals surface area contributed by atoms with Gasteiger partial charge in [0.1, 0.15) is 5.69 Å². The van der Waals surface area contributed by atoms with Gasteiger partial charge in [-0.3, -0.25) is 9.59 Å². The molecule has 1 amide bonds. The maximum atomic E-state index is 12.9. The molecular formula is C21H20Cl2N2O4. The first-order valence-corrected chi connectivity index (χ1v) is 9.65. The third kappa shape index (κ3) is 4.24. The summed E-state index contributed by atoms with van der Waals surface area (Å²) < 4.78 is 1.74. The van der Waals surface area contributed by atoms with E-state index in [0.29, 0.717) is 21.8 Å². The normalized spacial score (nSPS) is 12.2. The molecule has 152 valence electrons. The number of hydrogen-bond donors (Lipinski definition) is 3. The Morgan fingerprint density at radius 1 is 1.17 bits per heavy atom. The fraction of sp³-hybridized carbons (Fsp3) is 0.238. The number of benzene rings is 2. The molecule has 0 aliphatic rings. The van der Waals surface area contributed by atoms with Crippen molar-refractivity contribution in [1.29, 1.82) is 0 Å². The van der Waals surface area contributed by atoms with E-state index in [2.05, 4.69) is 5.32 Å². The zero-order valence-corrected chi connectivity index (χ0v) is 17.4. The van der Waals surface area contributed by atoms with Crippen LogP contribution in [0, 0.1) is 6.92 Å². The molecule has 1 aromatic heterocycles. The minimum absolute atomic E-state index is 0.160. The van der Waals surface area contributed by atoms with Crippen molar-refractivity contribution in [3.63, 3.8) is 0 Å². The van der Waals surface area contributed by atoms with Crippen LogP contribution in [0.25, 0.3) is 10.9 Å². The van der Waals surface area contributed by atoms with Gasteiger partial charge in [-0.15, -0.1) is 0 Å². The number of aryl methyl sites for hydroxylation is 2. The Hall–Kier alpha value is -2.54. The third-order valence-electron chi connectivity index (χ3n) is 4.87. The highest BCUT2D eigenvalue weighted by atomic mass is 35.5. The van der Waals surface area contributed by atoms with Crippen LogP contribution in [0.2, 0.25) is 10.0 Å². The molecule has 8 heteroatoms. The summed E-state index contributed by atoms with van der Waals surface area (Å²) in [4.78, 5) is 23.7. The van der Waals surface area contributed by atoms with E-state index in [1.165, 1.54) is 6.07 Å². The number of aliphatic carboxylic acids is 1. The number of fused-ring (bicyclic) bond motifs is 1. The predicted octanol–water partition coefficient (Wildman–Crippen LogP) is 3.88. The molecule has 3 aromatic rings. The third-order valence-corrected chi connectivity index (χ3v) is 5.70. The van der Waals surface area contributed by atoms with Gasteiger partial charge in [-0.05, 0) is 41.8 Å². The smallest absolute Gasteiger partial charge is 0.307 e. The van der Waals surface area contributed by atoms with Crippen LogP contribution in [-0.4, -0.2) is 33.3 Å². The maximum Gasteiger partial charge on any atom is 0.307 e. The quantitative estimate of drug-likeness (QED) is 0.548. The van der Waals surface area contributed by atoms with Crippen LogP contribution in [0.4, 0.5) is 0 Å². The fourth-order valence-corrected chi connectivity index (χ4v) is 3.84. The van der Waals surface area contributed by atoms with E-state index in [-0.39, 0.29) is 24.0 Å². The molecule has 0 aliphatic carbocycles. The molecule has 1 heterocycles. The molecule has 3 N–H and O–H groups in total. The number of carboxylic acid groups (broad SMARTS) is 1. The van der Waals surface area contributed by atoms with E-state index in [1.807, 2.05) is 19.1 Å². The van der Waals surface area contributed by atoms with Gasteiger partial charge in [0.15, 0.2) is 0 Å². The lowest BCUT2D eigenvalue weighted by Gasteiger charge is -2.19. The lowest BCUT2D eigenvalue weighted by Crippen LogP contribution is -2.32. The zero-order valence-electron chi connectivity index (χ0n) is 15.9. The molecular weight excluding hydrogens is 415 g/mol. The van der Waals surface area contributed by atoms with Crippen molar-refractivity contribution in [2.45, 2.75) is 19.4 Å². The van der Waals surface area contributed by atoms with Gasteiger partial charge in [0.25, 0.3) is 5.91 Å². The van der Waals surface area contributed by atoms with Crippen LogP contribution in [0.3, 0.4) is 0 Å². The van der Waals surface area contributed by atoms with Crippen molar-refractivity contribution in [2.75, 3.05) is 6.61 Å². The Morgan fingerprint density at radius 2 is 1.90 bits per heavy atom. The van der Waals surface area contributed by atoms with Crippen molar-refractivity contribution in [1.82, 2.24) is 9.88 Å². The van der Waals surface area contributed by atoms with Crippen LogP contribution in [0.5, 0.6) is 0 Å². The number of aliphatic hydroxyl groups is 1. The monoisotopic (exact) mass is 434 g/mol. The van der Waals surface area contributed by atoms with Gasteiger partial charge < -0.3 is 20.1 Å². The Kier molecular flexibility index (Phi) is 6.17. The topological polar surface area (TPSA) is 91.6 Å². The van der Waals surface area contributed by atoms with Crippen LogP contribution in [0.15, 0.2) is 36.4 Å². The van der Waals surface area contributed by atoms with Gasteiger partial charge in [-0.1, -0.05) is 41.4 Å². The highest BCUT2D eigenvalue weighted by Crippen LogP contribution is 2.30. The summed E-state index contributed by atoms with van der Waals surface area (Å²) in [5.74, 6) is -1.35. The Labute approximate surface area is 177 Å². The summed E-state index contributed by atoms with van der Waals surface area (Å²) in [6.07, 6.45) is -0.160. The first kappa shape index (κ1) is 21.2. The lowest BCUT2D eigenvalue weighted by atomic mass is 10.0. The summed E-state index contributed by atoms with van der Waals surface area (Å²) >= 11 is 12.6. The number of halogens is 2. The van der Waals surface area contributed by atoms with Crippen molar-refractivity contribution in [3.05, 3.63) is 68.8 Å². The van der Waals surface area contributed by atoms with Crippen LogP contribution >= 0.6 is 23.2 Å². The second-order valence-electron chi connectivity index (χ2n) is 6.85. The number of carbonyl (C=O) groups is 2. The number of carboxylic acids is 1. The average Bonchev–Trinajstić information content (AvgIpc) is 3.00. The SMILES string of the molecule is Cc1ccc2c(cc(C(=O)N[C@H](CO)c3ccc(CC(=O)O)cc3Cl)n2C)c1Cl. The highest BCUT2D eigenvalue weighted by molar-refractivity contribution is 6.36. The molecule has 0 bridgehead atoms. The Bertz CT molecular complexity index is 1110. The molecule has 0 spiro atoms. The second-order valence-corrected chi connectivity index (χ2v) is 7.64. The molecule has 0 aliphatic heterocycles. The molecule has 0 unspecified atom stereocenters. The molecule has 1 atom stereocenters. The molecule has 6 nitrogen and oxygen atoms in total. The lowest BCUT2D eigenvalue weighted by molar-refractivity contribution is -0.136. The van der Waals surface area contributed by atoms with Crippen molar-refractivity contribution < 1.29 is 19.8 Å². The molecule has 3 rings (SSSR count). The molecule has 0 saturated heterocycles. The first-order chi connectivity index (χ1) is 13.7. The number of hydrogen-bond acceptors (Lipinski definition) is 3. The number of rotatable bonds is 6. The van der Waals surface area contributed by atoms with Crippen LogP contribution in [-0.2, 0) is 18.3 Å². The second kappa shape index (κ2) is 8.45. The predicted molar refractivity (Wildman–Crippen MR) is 113 cm³/mol. The summed E-state index contributed by atoms with van der Waals surface area (Å²) in [5, 5.41) is 23.1. The van der Waals surface area contributed by atoms with E-state index in [9.17, 15) is 14.7 Å². The maximum absolute atomic E-state index is 12.9. The summed E-state index contributed by atoms with van der Waals surface area (Å²) in [5.41, 5.74) is 3.17. The number of carbonyl (C=O) groups excluding carboxylic acids is 1. The van der Waals surface area contributed by atoms with E-state index in [0.717, 1.165) is 16.5 Å². The van der Waals surface area contributed by atoms with Gasteiger partial charge in [-0.25, -0.2) is 0 Å². The first-order valence-electron chi connectivity index (χ1n) is 8.89. The Balaban J connectivity index is 1.89. The standard InChI is InChI=1S/C21H20Cl2N2O4/c1-11-3-6-17-14(20(11)23)9-18(25(17)2)21(29)24-16(10-26)13-5-4-12(7-15(13)22)8-19(27)28/h3-7,9,16,26H,8,10H2,1-2H3,(H,24,29)(H,27,28)/t16-/m1/s1. The zero-order chi connectivity index (χ0) is 21.3. The Morgan fingerprint density at radius 3 is 2.52 bits per heavy atom. The van der Waals surface area contributed by atoms with Gasteiger partial charge in [0, 0.05) is 23.0 Å². The average molecular weight is 435 g/mol. The minimum Gasteiger partial charge on any atom is -0.481 e. The molecule has 0 radical (unpaired) electrons. The number of aromatic nitrogens is 1. The summed E-state index contributed by atoms with van der Waals surface area (Å²) in [6.45, 7) is 1.53. The fourth-order valence-electron chi connectivity index (χ4n) is 3.29. The van der Waals surface area contributed by atoms with Gasteiger partial charge in [0.05, 0.1) is 24.1 Å². The highest BCUT2D eigenvalue weighted by Gasteiger charge is 2.21. The van der Waals surface area contributed by atoms with Gasteiger partial charge in [0.2, 0.25) is 0 Å². The van der Waals surface area contributed by atoms with E-state index >= 15 is 0 Å². The van der Waals surface area contributed by atoms with Crippen LogP contribution in [0.1, 0.15) is 33.2 Å². The van der Waals surface area contributed by atoms with Crippen molar-refractivity contribution >= 4 is 46.0 Å². The number of amides is 1. The number of nitrogens with one attached hydrogen (secondary N) is 1. The summed E-state index contributed by atoms with van der Waals surface area (Å²) in [7, 11) is 1.77.